The normalized spacial score (nSPS) is 22.8. The van der Waals surface area contributed by atoms with Gasteiger partial charge in [0, 0.05) is 0 Å². The van der Waals surface area contributed by atoms with Gasteiger partial charge in [0.15, 0.2) is 6.61 Å². The molecule has 4 rings (SSSR count). The molecule has 2 aromatic carbocycles. The van der Waals surface area contributed by atoms with Gasteiger partial charge in [-0.25, -0.2) is 4.79 Å². The van der Waals surface area contributed by atoms with E-state index in [4.69, 9.17) is 9.47 Å². The number of esters is 1. The van der Waals surface area contributed by atoms with E-state index in [1.165, 1.54) is 16.7 Å². The number of nitrogens with one attached hydrogen (secondary N) is 1. The van der Waals surface area contributed by atoms with Crippen LogP contribution in [0.2, 0.25) is 0 Å². The smallest absolute Gasteiger partial charge is 0.346 e. The fraction of sp³-hybridized carbons (Fsp3) is 0.286. The van der Waals surface area contributed by atoms with E-state index in [1.807, 2.05) is 24.3 Å². The summed E-state index contributed by atoms with van der Waals surface area (Å²) in [6.45, 7) is -0.208. The van der Waals surface area contributed by atoms with Crippen molar-refractivity contribution in [3.05, 3.63) is 66.2 Å². The zero-order valence-electron chi connectivity index (χ0n) is 16.4. The van der Waals surface area contributed by atoms with Crippen LogP contribution in [0.3, 0.4) is 0 Å². The van der Waals surface area contributed by atoms with Gasteiger partial charge in [0.1, 0.15) is 23.8 Å². The molecule has 10 heteroatoms. The zero-order chi connectivity index (χ0) is 21.8. The number of thioether (sulfide) groups is 1. The van der Waals surface area contributed by atoms with Gasteiger partial charge in [-0.1, -0.05) is 48.5 Å². The summed E-state index contributed by atoms with van der Waals surface area (Å²) in [7, 11) is 0. The molecule has 0 saturated carbocycles. The van der Waals surface area contributed by atoms with Gasteiger partial charge >= 0.3 is 5.97 Å². The van der Waals surface area contributed by atoms with Gasteiger partial charge in [-0.05, 0) is 17.7 Å². The Kier molecular flexibility index (Phi) is 6.40. The molecule has 0 aliphatic carbocycles. The maximum atomic E-state index is 12.7. The summed E-state index contributed by atoms with van der Waals surface area (Å²) >= 11 is 1.24. The fourth-order valence-corrected chi connectivity index (χ4v) is 4.55. The van der Waals surface area contributed by atoms with Crippen LogP contribution in [0, 0.1) is 0 Å². The first-order valence-corrected chi connectivity index (χ1v) is 10.7. The van der Waals surface area contributed by atoms with Crippen molar-refractivity contribution in [3.63, 3.8) is 0 Å². The van der Waals surface area contributed by atoms with Crippen LogP contribution in [0.5, 0.6) is 5.75 Å². The lowest BCUT2D eigenvalue weighted by Gasteiger charge is -2.53. The van der Waals surface area contributed by atoms with E-state index in [1.54, 1.807) is 36.4 Å². The number of hydroxylamine groups is 2. The van der Waals surface area contributed by atoms with Crippen molar-refractivity contribution in [2.24, 2.45) is 0 Å². The Morgan fingerprint density at radius 3 is 2.48 bits per heavy atom. The highest BCUT2D eigenvalue weighted by Crippen LogP contribution is 2.38. The lowest BCUT2D eigenvalue weighted by atomic mass is 10.1. The minimum Gasteiger partial charge on any atom is -0.484 e. The molecule has 2 saturated heterocycles. The maximum absolute atomic E-state index is 12.7. The molecule has 0 bridgehead atoms. The molecule has 3 unspecified atom stereocenters. The topological polar surface area (TPSA) is 108 Å². The average molecular weight is 443 g/mol. The molecule has 2 N–H and O–H groups in total. The summed E-state index contributed by atoms with van der Waals surface area (Å²) in [4.78, 5) is 38.7. The average Bonchev–Trinajstić information content (AvgIpc) is 2.80. The van der Waals surface area contributed by atoms with E-state index in [-0.39, 0.29) is 19.1 Å². The highest BCUT2D eigenvalue weighted by Gasteiger charge is 2.57. The molecule has 0 radical (unpaired) electrons. The van der Waals surface area contributed by atoms with Crippen molar-refractivity contribution in [1.29, 1.82) is 0 Å². The minimum absolute atomic E-state index is 0.0286. The summed E-state index contributed by atoms with van der Waals surface area (Å²) in [5.41, 5.74) is 0.792. The van der Waals surface area contributed by atoms with Crippen molar-refractivity contribution in [2.45, 2.75) is 24.2 Å². The molecular weight excluding hydrogens is 422 g/mol. The third kappa shape index (κ3) is 4.66. The molecule has 2 amide bonds. The zero-order valence-corrected chi connectivity index (χ0v) is 17.2. The van der Waals surface area contributed by atoms with Crippen molar-refractivity contribution in [2.75, 3.05) is 12.5 Å². The predicted octanol–water partition coefficient (Wildman–Crippen LogP) is 1.18. The van der Waals surface area contributed by atoms with Crippen LogP contribution in [0.15, 0.2) is 60.7 Å². The molecule has 0 aromatic heterocycles. The van der Waals surface area contributed by atoms with Crippen LogP contribution in [-0.4, -0.2) is 63.0 Å². The van der Waals surface area contributed by atoms with Crippen LogP contribution >= 0.6 is 11.8 Å². The Morgan fingerprint density at radius 1 is 1.10 bits per heavy atom. The number of hydrogen-bond acceptors (Lipinski definition) is 8. The van der Waals surface area contributed by atoms with Gasteiger partial charge in [-0.3, -0.25) is 14.5 Å². The molecule has 162 valence electrons. The Morgan fingerprint density at radius 2 is 1.77 bits per heavy atom. The summed E-state index contributed by atoms with van der Waals surface area (Å²) in [5, 5.41) is 13.1. The number of nitrogens with zero attached hydrogens (tertiary/aromatic N) is 2. The van der Waals surface area contributed by atoms with E-state index < -0.39 is 35.4 Å². The number of carbonyl (C=O) groups excluding carboxylic acids is 3. The van der Waals surface area contributed by atoms with Crippen LogP contribution in [0.4, 0.5) is 0 Å². The van der Waals surface area contributed by atoms with E-state index in [9.17, 15) is 19.6 Å². The van der Waals surface area contributed by atoms with Gasteiger partial charge < -0.3 is 20.0 Å². The highest BCUT2D eigenvalue weighted by atomic mass is 32.2. The molecule has 2 heterocycles. The minimum atomic E-state index is -1.25. The van der Waals surface area contributed by atoms with Crippen LogP contribution in [0.25, 0.3) is 0 Å². The second kappa shape index (κ2) is 9.38. The van der Waals surface area contributed by atoms with E-state index in [2.05, 4.69) is 5.32 Å². The highest BCUT2D eigenvalue weighted by molar-refractivity contribution is 8.00. The summed E-state index contributed by atoms with van der Waals surface area (Å²) < 4.78 is 10.7. The number of amides is 2. The number of benzene rings is 2. The largest absolute Gasteiger partial charge is 0.484 e. The number of carbonyl (C=O) groups is 3. The molecular formula is C21H21N3O6S. The third-order valence-corrected chi connectivity index (χ3v) is 6.12. The summed E-state index contributed by atoms with van der Waals surface area (Å²) in [5.74, 6) is -1.01. The molecule has 3 atom stereocenters. The van der Waals surface area contributed by atoms with Gasteiger partial charge in [0.2, 0.25) is 6.17 Å². The second-order valence-electron chi connectivity index (χ2n) is 6.99. The van der Waals surface area contributed by atoms with E-state index in [0.29, 0.717) is 5.75 Å². The Labute approximate surface area is 182 Å². The molecule has 9 nitrogen and oxygen atoms in total. The molecule has 0 spiro atoms. The first kappa shape index (κ1) is 21.2. The Balaban J connectivity index is 1.33. The van der Waals surface area contributed by atoms with Crippen LogP contribution in [-0.2, 0) is 25.7 Å². The van der Waals surface area contributed by atoms with E-state index in [0.717, 1.165) is 10.6 Å². The first-order chi connectivity index (χ1) is 15.0. The number of para-hydroxylation sites is 1. The van der Waals surface area contributed by atoms with Crippen molar-refractivity contribution >= 4 is 29.5 Å². The van der Waals surface area contributed by atoms with Crippen molar-refractivity contribution in [1.82, 2.24) is 15.3 Å². The first-order valence-electron chi connectivity index (χ1n) is 9.61. The number of rotatable bonds is 7. The quantitative estimate of drug-likeness (QED) is 0.485. The van der Waals surface area contributed by atoms with Gasteiger partial charge in [0.05, 0.1) is 5.88 Å². The number of β-lactam (4-membered cyclic amide) rings is 1. The van der Waals surface area contributed by atoms with Gasteiger partial charge in [0.25, 0.3) is 11.8 Å². The van der Waals surface area contributed by atoms with Gasteiger partial charge in [-0.15, -0.1) is 16.8 Å². The second-order valence-corrected chi connectivity index (χ2v) is 8.06. The predicted molar refractivity (Wildman–Crippen MR) is 111 cm³/mol. The molecule has 31 heavy (non-hydrogen) atoms. The molecule has 2 fully saturated rings. The molecule has 2 aliphatic heterocycles. The summed E-state index contributed by atoms with van der Waals surface area (Å²) in [6.07, 6.45) is -1.25. The maximum Gasteiger partial charge on any atom is 0.346 e. The number of ether oxygens (including phenoxy) is 2. The lowest BCUT2D eigenvalue weighted by molar-refractivity contribution is -0.212. The number of fused-ring (bicyclic) bond motifs is 1. The fourth-order valence-electron chi connectivity index (χ4n) is 3.34. The van der Waals surface area contributed by atoms with Crippen molar-refractivity contribution < 1.29 is 29.1 Å². The van der Waals surface area contributed by atoms with Crippen molar-refractivity contribution in [3.8, 4) is 5.75 Å². The molecule has 2 aliphatic rings. The number of hydrogen-bond donors (Lipinski definition) is 2. The third-order valence-electron chi connectivity index (χ3n) is 4.87. The summed E-state index contributed by atoms with van der Waals surface area (Å²) in [6, 6.07) is 17.2. The van der Waals surface area contributed by atoms with Crippen LogP contribution < -0.4 is 10.1 Å². The Bertz CT molecular complexity index is 945. The SMILES string of the molecule is O=C(COc1ccccc1)NC1C(=O)N2C1SCN(O)C2C(=O)OCc1ccccc1. The van der Waals surface area contributed by atoms with Crippen LogP contribution in [0.1, 0.15) is 5.56 Å². The van der Waals surface area contributed by atoms with E-state index >= 15 is 0 Å². The monoisotopic (exact) mass is 443 g/mol. The molecule has 2 aromatic rings. The van der Waals surface area contributed by atoms with Gasteiger partial charge in [-0.2, -0.15) is 0 Å². The Hall–Kier alpha value is -3.08. The standard InChI is InChI=1S/C21H21N3O6S/c25-16(12-29-15-9-5-2-6-10-15)22-17-19(26)24-18(23(28)13-31-20(17)24)21(27)30-11-14-7-3-1-4-8-14/h1-10,17-18,20,28H,11-13H2,(H,22,25). The lowest BCUT2D eigenvalue weighted by Crippen LogP contribution is -2.77.